The Kier molecular flexibility index (Phi) is 2.97. The summed E-state index contributed by atoms with van der Waals surface area (Å²) in [6.07, 6.45) is 0. The summed E-state index contributed by atoms with van der Waals surface area (Å²) in [5.41, 5.74) is 10.1. The SMILES string of the molecule is CC(C)(N)OCCN. The van der Waals surface area contributed by atoms with Crippen LogP contribution >= 0.6 is 0 Å². The van der Waals surface area contributed by atoms with Crippen LogP contribution in [-0.4, -0.2) is 18.9 Å². The summed E-state index contributed by atoms with van der Waals surface area (Å²) in [6.45, 7) is 4.65. The molecular weight excluding hydrogens is 104 g/mol. The Labute approximate surface area is 50.0 Å². The molecule has 0 aliphatic heterocycles. The van der Waals surface area contributed by atoms with Crippen molar-refractivity contribution < 1.29 is 4.74 Å². The van der Waals surface area contributed by atoms with Crippen molar-refractivity contribution in [2.75, 3.05) is 13.2 Å². The maximum absolute atomic E-state index is 5.44. The highest BCUT2D eigenvalue weighted by Gasteiger charge is 2.07. The molecule has 0 rings (SSSR count). The van der Waals surface area contributed by atoms with Crippen molar-refractivity contribution in [1.82, 2.24) is 0 Å². The van der Waals surface area contributed by atoms with Gasteiger partial charge in [-0.1, -0.05) is 0 Å². The van der Waals surface area contributed by atoms with Crippen LogP contribution in [-0.2, 0) is 4.74 Å². The molecule has 0 unspecified atom stereocenters. The molecular formula is C5H14N2O. The molecule has 0 fully saturated rings. The highest BCUT2D eigenvalue weighted by Crippen LogP contribution is 1.96. The van der Waals surface area contributed by atoms with Crippen LogP contribution in [0.3, 0.4) is 0 Å². The molecule has 0 heterocycles. The smallest absolute Gasteiger partial charge is 0.111 e. The van der Waals surface area contributed by atoms with Crippen molar-refractivity contribution in [2.24, 2.45) is 11.5 Å². The Hall–Kier alpha value is -0.120. The standard InChI is InChI=1S/C5H14N2O/c1-5(2,7)8-4-3-6/h3-4,6-7H2,1-2H3. The van der Waals surface area contributed by atoms with E-state index in [0.29, 0.717) is 13.2 Å². The van der Waals surface area contributed by atoms with Crippen LogP contribution in [0.1, 0.15) is 13.8 Å². The summed E-state index contributed by atoms with van der Waals surface area (Å²) in [4.78, 5) is 0. The minimum absolute atomic E-state index is 0.528. The minimum Gasteiger partial charge on any atom is -0.360 e. The maximum atomic E-state index is 5.44. The number of rotatable bonds is 3. The third kappa shape index (κ3) is 5.88. The van der Waals surface area contributed by atoms with Gasteiger partial charge in [-0.05, 0) is 13.8 Å². The number of nitrogens with two attached hydrogens (primary N) is 2. The van der Waals surface area contributed by atoms with E-state index in [2.05, 4.69) is 0 Å². The predicted octanol–water partition coefficient (Wildman–Crippen LogP) is -0.343. The van der Waals surface area contributed by atoms with Gasteiger partial charge in [0.05, 0.1) is 6.61 Å². The molecule has 0 saturated heterocycles. The Morgan fingerprint density at radius 2 is 2.00 bits per heavy atom. The van der Waals surface area contributed by atoms with Crippen molar-refractivity contribution in [2.45, 2.75) is 19.6 Å². The first kappa shape index (κ1) is 7.88. The third-order valence-electron chi connectivity index (χ3n) is 0.592. The Morgan fingerprint density at radius 1 is 1.50 bits per heavy atom. The second-order valence-electron chi connectivity index (χ2n) is 2.24. The first-order chi connectivity index (χ1) is 3.56. The molecule has 0 aliphatic rings. The molecule has 50 valence electrons. The summed E-state index contributed by atoms with van der Waals surface area (Å²) in [5, 5.41) is 0. The fourth-order valence-corrected chi connectivity index (χ4v) is 0.322. The second kappa shape index (κ2) is 3.02. The van der Waals surface area contributed by atoms with Crippen molar-refractivity contribution >= 4 is 0 Å². The summed E-state index contributed by atoms with van der Waals surface area (Å²) < 4.78 is 5.03. The van der Waals surface area contributed by atoms with Crippen LogP contribution in [0.5, 0.6) is 0 Å². The Balaban J connectivity index is 3.11. The fraction of sp³-hybridized carbons (Fsp3) is 1.00. The van der Waals surface area contributed by atoms with Gasteiger partial charge in [-0.2, -0.15) is 0 Å². The van der Waals surface area contributed by atoms with E-state index < -0.39 is 5.72 Å². The zero-order chi connectivity index (χ0) is 6.62. The van der Waals surface area contributed by atoms with Gasteiger partial charge in [0.2, 0.25) is 0 Å². The van der Waals surface area contributed by atoms with E-state index in [-0.39, 0.29) is 0 Å². The second-order valence-corrected chi connectivity index (χ2v) is 2.24. The molecule has 8 heavy (non-hydrogen) atoms. The van der Waals surface area contributed by atoms with Crippen LogP contribution in [0, 0.1) is 0 Å². The number of hydrogen-bond donors (Lipinski definition) is 2. The first-order valence-electron chi connectivity index (χ1n) is 2.69. The van der Waals surface area contributed by atoms with E-state index >= 15 is 0 Å². The molecule has 0 spiro atoms. The van der Waals surface area contributed by atoms with Gasteiger partial charge >= 0.3 is 0 Å². The lowest BCUT2D eigenvalue weighted by molar-refractivity contribution is -0.00784. The summed E-state index contributed by atoms with van der Waals surface area (Å²) >= 11 is 0. The molecule has 3 nitrogen and oxygen atoms in total. The molecule has 0 bridgehead atoms. The van der Waals surface area contributed by atoms with Crippen LogP contribution < -0.4 is 11.5 Å². The van der Waals surface area contributed by atoms with Gasteiger partial charge in [-0.15, -0.1) is 0 Å². The lowest BCUT2D eigenvalue weighted by atomic mass is 10.3. The van der Waals surface area contributed by atoms with E-state index in [1.807, 2.05) is 0 Å². The molecule has 0 aromatic carbocycles. The predicted molar refractivity (Wildman–Crippen MR) is 33.3 cm³/mol. The molecule has 3 heteroatoms. The first-order valence-corrected chi connectivity index (χ1v) is 2.69. The Bertz CT molecular complexity index is 57.9. The summed E-state index contributed by atoms with van der Waals surface area (Å²) in [6, 6.07) is 0. The number of ether oxygens (including phenoxy) is 1. The molecule has 0 aromatic rings. The van der Waals surface area contributed by atoms with Crippen LogP contribution in [0.2, 0.25) is 0 Å². The monoisotopic (exact) mass is 118 g/mol. The Morgan fingerprint density at radius 3 is 2.12 bits per heavy atom. The minimum atomic E-state index is -0.528. The lowest BCUT2D eigenvalue weighted by Crippen LogP contribution is -2.36. The molecule has 0 atom stereocenters. The molecule has 0 aliphatic carbocycles. The normalized spacial score (nSPS) is 12.0. The van der Waals surface area contributed by atoms with Gasteiger partial charge in [0, 0.05) is 6.54 Å². The zero-order valence-corrected chi connectivity index (χ0v) is 5.48. The van der Waals surface area contributed by atoms with E-state index in [0.717, 1.165) is 0 Å². The molecule has 0 aromatic heterocycles. The fourth-order valence-electron chi connectivity index (χ4n) is 0.322. The lowest BCUT2D eigenvalue weighted by Gasteiger charge is -2.18. The van der Waals surface area contributed by atoms with E-state index in [1.165, 1.54) is 0 Å². The maximum Gasteiger partial charge on any atom is 0.111 e. The van der Waals surface area contributed by atoms with Crippen LogP contribution in [0.4, 0.5) is 0 Å². The van der Waals surface area contributed by atoms with Gasteiger partial charge < -0.3 is 16.2 Å². The quantitative estimate of drug-likeness (QED) is 0.498. The highest BCUT2D eigenvalue weighted by molar-refractivity contribution is 4.55. The van der Waals surface area contributed by atoms with E-state index in [1.54, 1.807) is 13.8 Å². The molecule has 4 N–H and O–H groups in total. The average molecular weight is 118 g/mol. The van der Waals surface area contributed by atoms with Gasteiger partial charge in [-0.3, -0.25) is 0 Å². The largest absolute Gasteiger partial charge is 0.360 e. The van der Waals surface area contributed by atoms with Crippen molar-refractivity contribution in [3.8, 4) is 0 Å². The third-order valence-corrected chi connectivity index (χ3v) is 0.592. The van der Waals surface area contributed by atoms with Gasteiger partial charge in [0.15, 0.2) is 0 Å². The average Bonchev–Trinajstić information content (AvgIpc) is 1.59. The van der Waals surface area contributed by atoms with Crippen molar-refractivity contribution in [3.05, 3.63) is 0 Å². The molecule has 0 amide bonds. The van der Waals surface area contributed by atoms with Gasteiger partial charge in [0.1, 0.15) is 5.72 Å². The van der Waals surface area contributed by atoms with Crippen molar-refractivity contribution in [3.63, 3.8) is 0 Å². The van der Waals surface area contributed by atoms with Crippen LogP contribution in [0.25, 0.3) is 0 Å². The molecule has 0 saturated carbocycles. The van der Waals surface area contributed by atoms with E-state index in [4.69, 9.17) is 16.2 Å². The summed E-state index contributed by atoms with van der Waals surface area (Å²) in [5.74, 6) is 0. The zero-order valence-electron chi connectivity index (χ0n) is 5.48. The van der Waals surface area contributed by atoms with Crippen LogP contribution in [0.15, 0.2) is 0 Å². The van der Waals surface area contributed by atoms with Gasteiger partial charge in [-0.25, -0.2) is 0 Å². The number of hydrogen-bond acceptors (Lipinski definition) is 3. The summed E-state index contributed by atoms with van der Waals surface area (Å²) in [7, 11) is 0. The van der Waals surface area contributed by atoms with Crippen molar-refractivity contribution in [1.29, 1.82) is 0 Å². The van der Waals surface area contributed by atoms with Gasteiger partial charge in [0.25, 0.3) is 0 Å². The molecule has 0 radical (unpaired) electrons. The highest BCUT2D eigenvalue weighted by atomic mass is 16.5. The van der Waals surface area contributed by atoms with E-state index in [9.17, 15) is 0 Å². The topological polar surface area (TPSA) is 61.3 Å².